The average Bonchev–Trinajstić information content (AvgIpc) is 3.21. The van der Waals surface area contributed by atoms with E-state index in [0.29, 0.717) is 27.9 Å². The van der Waals surface area contributed by atoms with Gasteiger partial charge in [-0.15, -0.1) is 0 Å². The van der Waals surface area contributed by atoms with Crippen LogP contribution < -0.4 is 0 Å². The van der Waals surface area contributed by atoms with Crippen molar-refractivity contribution in [2.45, 2.75) is 131 Å². The quantitative estimate of drug-likeness (QED) is 0.532. The minimum absolute atomic E-state index is 0.293. The lowest BCUT2D eigenvalue weighted by molar-refractivity contribution is -0.0295. The molecule has 2 atom stereocenters. The molecule has 0 N–H and O–H groups in total. The van der Waals surface area contributed by atoms with Crippen LogP contribution in [0.3, 0.4) is 0 Å². The van der Waals surface area contributed by atoms with E-state index < -0.39 is 0 Å². The fourth-order valence-corrected chi connectivity index (χ4v) is 7.19. The van der Waals surface area contributed by atoms with Gasteiger partial charge in [-0.05, 0) is 104 Å². The third-order valence-corrected chi connectivity index (χ3v) is 9.60. The molecule has 0 aromatic rings. The van der Waals surface area contributed by atoms with Crippen molar-refractivity contribution in [3.05, 3.63) is 0 Å². The van der Waals surface area contributed by atoms with Gasteiger partial charge in [0.25, 0.3) is 0 Å². The summed E-state index contributed by atoms with van der Waals surface area (Å²) in [5, 5.41) is 0. The zero-order valence-corrected chi connectivity index (χ0v) is 22.3. The Bertz CT molecular complexity index is 590. The van der Waals surface area contributed by atoms with Gasteiger partial charge in [0.1, 0.15) is 0 Å². The Hall–Kier alpha value is -0.120. The zero-order chi connectivity index (χ0) is 22.7. The van der Waals surface area contributed by atoms with Crippen molar-refractivity contribution in [3.8, 4) is 0 Å². The molecule has 30 heavy (non-hydrogen) atoms. The molecule has 2 bridgehead atoms. The van der Waals surface area contributed by atoms with Crippen LogP contribution in [0.15, 0.2) is 0 Å². The average molecular weight is 420 g/mol. The van der Waals surface area contributed by atoms with Crippen molar-refractivity contribution >= 4 is 0 Å². The normalized spacial score (nSPS) is 28.8. The van der Waals surface area contributed by atoms with Crippen molar-refractivity contribution in [1.29, 1.82) is 0 Å². The van der Waals surface area contributed by atoms with E-state index in [1.54, 1.807) is 0 Å². The molecule has 0 unspecified atom stereocenters. The Kier molecular flexibility index (Phi) is 6.56. The Labute approximate surface area is 188 Å². The van der Waals surface area contributed by atoms with Crippen molar-refractivity contribution < 1.29 is 0 Å². The Morgan fingerprint density at radius 3 is 1.70 bits per heavy atom. The highest BCUT2D eigenvalue weighted by Crippen LogP contribution is 2.47. The Balaban J connectivity index is 1.59. The summed E-state index contributed by atoms with van der Waals surface area (Å²) in [4.78, 5) is 8.41. The molecule has 3 nitrogen and oxygen atoms in total. The largest absolute Gasteiger partial charge is 0.298 e. The lowest BCUT2D eigenvalue weighted by atomic mass is 9.67. The zero-order valence-electron chi connectivity index (χ0n) is 22.3. The summed E-state index contributed by atoms with van der Waals surface area (Å²) in [5.41, 5.74) is 1.33. The molecule has 0 saturated carbocycles. The van der Waals surface area contributed by atoms with Gasteiger partial charge >= 0.3 is 0 Å². The number of fused-ring (bicyclic) bond motifs is 2. The van der Waals surface area contributed by atoms with Crippen LogP contribution in [-0.4, -0.2) is 69.6 Å². The van der Waals surface area contributed by atoms with Crippen molar-refractivity contribution in [2.24, 2.45) is 17.3 Å². The number of piperidine rings is 1. The molecule has 0 radical (unpaired) electrons. The van der Waals surface area contributed by atoms with Gasteiger partial charge in [0.15, 0.2) is 0 Å². The van der Waals surface area contributed by atoms with Gasteiger partial charge in [-0.25, -0.2) is 0 Å². The molecule has 3 aliphatic rings. The van der Waals surface area contributed by atoms with Crippen LogP contribution in [0.4, 0.5) is 0 Å². The first kappa shape index (κ1) is 24.5. The van der Waals surface area contributed by atoms with Crippen LogP contribution in [0.2, 0.25) is 0 Å². The molecule has 3 aliphatic heterocycles. The van der Waals surface area contributed by atoms with E-state index in [-0.39, 0.29) is 0 Å². The second kappa shape index (κ2) is 8.03. The molecule has 3 rings (SSSR count). The molecule has 3 heterocycles. The SMILES string of the molecule is CC(C)C(C)(C)N1CCC(C(C)(C)CC(C)(C)N2C[C@@H]3C[C@H]2CN3C(C)(C)C)CC1. The van der Waals surface area contributed by atoms with Crippen molar-refractivity contribution in [2.75, 3.05) is 26.2 Å². The Morgan fingerprint density at radius 2 is 1.27 bits per heavy atom. The molecular formula is C27H53N3. The standard InChI is InChI=1S/C27H53N3/c1-20(2)27(10,11)28-14-12-21(13-15-28)25(6,7)19-26(8,9)30-18-22-16-23(30)17-29(22)24(3,4)5/h20-23H,12-19H2,1-11H3/t22-,23-/m0/s1. The third-order valence-electron chi connectivity index (χ3n) is 9.60. The van der Waals surface area contributed by atoms with Crippen LogP contribution in [0.5, 0.6) is 0 Å². The van der Waals surface area contributed by atoms with E-state index in [0.717, 1.165) is 18.0 Å². The van der Waals surface area contributed by atoms with E-state index in [1.807, 2.05) is 0 Å². The lowest BCUT2D eigenvalue weighted by Crippen LogP contribution is -2.59. The number of piperazine rings is 1. The van der Waals surface area contributed by atoms with Gasteiger partial charge < -0.3 is 0 Å². The molecule has 0 spiro atoms. The second-order valence-electron chi connectivity index (χ2n) is 14.1. The first-order valence-electron chi connectivity index (χ1n) is 12.8. The van der Waals surface area contributed by atoms with Gasteiger partial charge in [0.05, 0.1) is 0 Å². The first-order chi connectivity index (χ1) is 13.6. The molecule has 3 saturated heterocycles. The van der Waals surface area contributed by atoms with Crippen LogP contribution in [0.25, 0.3) is 0 Å². The predicted octanol–water partition coefficient (Wildman–Crippen LogP) is 5.88. The maximum Gasteiger partial charge on any atom is 0.0244 e. The third kappa shape index (κ3) is 4.64. The maximum atomic E-state index is 2.89. The summed E-state index contributed by atoms with van der Waals surface area (Å²) in [6.07, 6.45) is 5.42. The van der Waals surface area contributed by atoms with Crippen molar-refractivity contribution in [3.63, 3.8) is 0 Å². The van der Waals surface area contributed by atoms with Gasteiger partial charge in [-0.1, -0.05) is 27.7 Å². The summed E-state index contributed by atoms with van der Waals surface area (Å²) in [5.74, 6) is 1.56. The van der Waals surface area contributed by atoms with E-state index >= 15 is 0 Å². The highest BCUT2D eigenvalue weighted by Gasteiger charge is 2.52. The molecule has 0 aliphatic carbocycles. The molecule has 3 heteroatoms. The molecule has 3 fully saturated rings. The summed E-state index contributed by atoms with van der Waals surface area (Å²) in [7, 11) is 0. The van der Waals surface area contributed by atoms with Gasteiger partial charge in [-0.2, -0.15) is 0 Å². The number of rotatable bonds is 6. The summed E-state index contributed by atoms with van der Waals surface area (Å²) >= 11 is 0. The number of hydrogen-bond acceptors (Lipinski definition) is 3. The van der Waals surface area contributed by atoms with E-state index in [9.17, 15) is 0 Å². The fraction of sp³-hybridized carbons (Fsp3) is 1.00. The minimum Gasteiger partial charge on any atom is -0.298 e. The lowest BCUT2D eigenvalue weighted by Gasteiger charge is -2.52. The predicted molar refractivity (Wildman–Crippen MR) is 131 cm³/mol. The molecule has 0 amide bonds. The molecule has 0 aromatic carbocycles. The summed E-state index contributed by atoms with van der Waals surface area (Å²) < 4.78 is 0. The van der Waals surface area contributed by atoms with Gasteiger partial charge in [0.2, 0.25) is 0 Å². The van der Waals surface area contributed by atoms with Gasteiger partial charge in [-0.3, -0.25) is 14.7 Å². The smallest absolute Gasteiger partial charge is 0.0244 e. The van der Waals surface area contributed by atoms with Crippen LogP contribution in [0.1, 0.15) is 102 Å². The van der Waals surface area contributed by atoms with E-state index in [2.05, 4.69) is 90.9 Å². The highest BCUT2D eigenvalue weighted by molar-refractivity contribution is 5.08. The first-order valence-corrected chi connectivity index (χ1v) is 12.8. The van der Waals surface area contributed by atoms with Gasteiger partial charge in [0, 0.05) is 41.8 Å². The van der Waals surface area contributed by atoms with Crippen LogP contribution >= 0.6 is 0 Å². The Morgan fingerprint density at radius 1 is 0.767 bits per heavy atom. The number of nitrogens with zero attached hydrogens (tertiary/aromatic N) is 3. The van der Waals surface area contributed by atoms with E-state index in [1.165, 1.54) is 51.9 Å². The van der Waals surface area contributed by atoms with Crippen LogP contribution in [0, 0.1) is 17.3 Å². The van der Waals surface area contributed by atoms with Crippen molar-refractivity contribution in [1.82, 2.24) is 14.7 Å². The molecule has 0 aromatic heterocycles. The highest BCUT2D eigenvalue weighted by atomic mass is 15.4. The number of likely N-dealkylation sites (tertiary alicyclic amines) is 3. The molecule has 176 valence electrons. The molecular weight excluding hydrogens is 366 g/mol. The second-order valence-corrected chi connectivity index (χ2v) is 14.1. The summed E-state index contributed by atoms with van der Waals surface area (Å²) in [6, 6.07) is 1.52. The summed E-state index contributed by atoms with van der Waals surface area (Å²) in [6.45, 7) is 32.1. The number of hydrogen-bond donors (Lipinski definition) is 0. The fourth-order valence-electron chi connectivity index (χ4n) is 7.19. The maximum absolute atomic E-state index is 2.89. The van der Waals surface area contributed by atoms with Crippen LogP contribution in [-0.2, 0) is 0 Å². The topological polar surface area (TPSA) is 9.72 Å². The van der Waals surface area contributed by atoms with E-state index in [4.69, 9.17) is 0 Å². The minimum atomic E-state index is 0.293. The monoisotopic (exact) mass is 419 g/mol.